The van der Waals surface area contributed by atoms with Crippen molar-refractivity contribution in [1.29, 1.82) is 0 Å². The Bertz CT molecular complexity index is 374. The quantitative estimate of drug-likeness (QED) is 0.690. The fourth-order valence-corrected chi connectivity index (χ4v) is 1.66. The van der Waals surface area contributed by atoms with Crippen LogP contribution < -0.4 is 0 Å². The summed E-state index contributed by atoms with van der Waals surface area (Å²) in [4.78, 5) is 13.0. The van der Waals surface area contributed by atoms with Crippen molar-refractivity contribution < 1.29 is 0 Å². The van der Waals surface area contributed by atoms with Gasteiger partial charge in [0.15, 0.2) is 0 Å². The van der Waals surface area contributed by atoms with Gasteiger partial charge in [0.05, 0.1) is 5.69 Å². The van der Waals surface area contributed by atoms with Crippen LogP contribution in [-0.4, -0.2) is 47.9 Å². The molecule has 0 bridgehead atoms. The molecule has 0 unspecified atom stereocenters. The van der Waals surface area contributed by atoms with Gasteiger partial charge in [0.25, 0.3) is 0 Å². The van der Waals surface area contributed by atoms with Crippen LogP contribution in [0.2, 0.25) is 0 Å². The van der Waals surface area contributed by atoms with Gasteiger partial charge in [0.2, 0.25) is 5.96 Å². The molecular weight excluding hydrogens is 188 g/mol. The zero-order chi connectivity index (χ0) is 10.8. The Labute approximate surface area is 90.2 Å². The summed E-state index contributed by atoms with van der Waals surface area (Å²) in [5.74, 6) is 1.03. The van der Waals surface area contributed by atoms with E-state index in [1.165, 1.54) is 0 Å². The highest BCUT2D eigenvalue weighted by molar-refractivity contribution is 5.84. The predicted octanol–water partition coefficient (Wildman–Crippen LogP) is 1.25. The molecule has 1 aliphatic rings. The first-order valence-corrected chi connectivity index (χ1v) is 5.10. The van der Waals surface area contributed by atoms with E-state index in [9.17, 15) is 0 Å². The molecule has 80 valence electrons. The fraction of sp³-hybridized carbons (Fsp3) is 0.455. The number of rotatable bonds is 1. The van der Waals surface area contributed by atoms with Crippen LogP contribution in [0.1, 0.15) is 5.56 Å². The molecule has 0 saturated carbocycles. The van der Waals surface area contributed by atoms with Crippen molar-refractivity contribution in [3.63, 3.8) is 0 Å². The van der Waals surface area contributed by atoms with E-state index >= 15 is 0 Å². The average molecular weight is 204 g/mol. The lowest BCUT2D eigenvalue weighted by atomic mass is 10.3. The Kier molecular flexibility index (Phi) is 2.58. The van der Waals surface area contributed by atoms with Gasteiger partial charge in [-0.2, -0.15) is 0 Å². The lowest BCUT2D eigenvalue weighted by molar-refractivity contribution is 0.553. The molecule has 4 nitrogen and oxygen atoms in total. The molecule has 15 heavy (non-hydrogen) atoms. The first-order chi connectivity index (χ1) is 7.18. The van der Waals surface area contributed by atoms with Crippen LogP contribution in [0.3, 0.4) is 0 Å². The zero-order valence-corrected chi connectivity index (χ0v) is 9.44. The first kappa shape index (κ1) is 9.96. The molecule has 1 aliphatic heterocycles. The van der Waals surface area contributed by atoms with Gasteiger partial charge in [-0.05, 0) is 18.6 Å². The monoisotopic (exact) mass is 204 g/mol. The Morgan fingerprint density at radius 1 is 1.27 bits per heavy atom. The predicted molar refractivity (Wildman–Crippen MR) is 61.3 cm³/mol. The standard InChI is InChI=1S/C11H16N4/c1-9-8-12-5-4-10(9)13-11-14(2)6-7-15(11)3/h4-5,8H,6-7H2,1-3H3. The smallest absolute Gasteiger partial charge is 0.201 e. The van der Waals surface area contributed by atoms with Crippen molar-refractivity contribution in [3.8, 4) is 0 Å². The van der Waals surface area contributed by atoms with E-state index in [1.54, 1.807) is 6.20 Å². The summed E-state index contributed by atoms with van der Waals surface area (Å²) in [7, 11) is 4.14. The number of hydrogen-bond acceptors (Lipinski definition) is 2. The van der Waals surface area contributed by atoms with Crippen molar-refractivity contribution in [2.75, 3.05) is 27.2 Å². The highest BCUT2D eigenvalue weighted by Crippen LogP contribution is 2.18. The molecule has 1 fully saturated rings. The van der Waals surface area contributed by atoms with Gasteiger partial charge in [0, 0.05) is 39.6 Å². The third-order valence-electron chi connectivity index (χ3n) is 2.66. The van der Waals surface area contributed by atoms with Gasteiger partial charge < -0.3 is 9.80 Å². The maximum atomic E-state index is 4.65. The van der Waals surface area contributed by atoms with Crippen LogP contribution in [0.15, 0.2) is 23.5 Å². The van der Waals surface area contributed by atoms with Crippen molar-refractivity contribution in [1.82, 2.24) is 14.8 Å². The molecule has 1 saturated heterocycles. The van der Waals surface area contributed by atoms with E-state index < -0.39 is 0 Å². The Hall–Kier alpha value is -1.58. The van der Waals surface area contributed by atoms with E-state index in [0.29, 0.717) is 0 Å². The Balaban J connectivity index is 2.33. The largest absolute Gasteiger partial charge is 0.344 e. The van der Waals surface area contributed by atoms with E-state index in [0.717, 1.165) is 30.3 Å². The van der Waals surface area contributed by atoms with E-state index in [2.05, 4.69) is 33.9 Å². The topological polar surface area (TPSA) is 31.7 Å². The highest BCUT2D eigenvalue weighted by atomic mass is 15.4. The molecule has 1 aromatic heterocycles. The van der Waals surface area contributed by atoms with Crippen LogP contribution in [0.5, 0.6) is 0 Å². The van der Waals surface area contributed by atoms with Crippen molar-refractivity contribution in [2.45, 2.75) is 6.92 Å². The van der Waals surface area contributed by atoms with Gasteiger partial charge in [0.1, 0.15) is 0 Å². The molecule has 0 amide bonds. The summed E-state index contributed by atoms with van der Waals surface area (Å²) >= 11 is 0. The number of nitrogens with zero attached hydrogens (tertiary/aromatic N) is 4. The van der Waals surface area contributed by atoms with Crippen LogP contribution in [0.25, 0.3) is 0 Å². The van der Waals surface area contributed by atoms with Gasteiger partial charge in [-0.25, -0.2) is 4.99 Å². The minimum Gasteiger partial charge on any atom is -0.344 e. The Morgan fingerprint density at radius 3 is 2.53 bits per heavy atom. The van der Waals surface area contributed by atoms with E-state index in [1.807, 2.05) is 19.2 Å². The number of aromatic nitrogens is 1. The van der Waals surface area contributed by atoms with Crippen LogP contribution >= 0.6 is 0 Å². The second kappa shape index (κ2) is 3.88. The van der Waals surface area contributed by atoms with Gasteiger partial charge >= 0.3 is 0 Å². The van der Waals surface area contributed by atoms with E-state index in [-0.39, 0.29) is 0 Å². The highest BCUT2D eigenvalue weighted by Gasteiger charge is 2.19. The molecule has 0 aromatic carbocycles. The maximum Gasteiger partial charge on any atom is 0.201 e. The van der Waals surface area contributed by atoms with Gasteiger partial charge in [-0.3, -0.25) is 4.98 Å². The summed E-state index contributed by atoms with van der Waals surface area (Å²) in [6, 6.07) is 1.95. The fourth-order valence-electron chi connectivity index (χ4n) is 1.66. The zero-order valence-electron chi connectivity index (χ0n) is 9.44. The molecule has 0 spiro atoms. The lowest BCUT2D eigenvalue weighted by Crippen LogP contribution is -2.27. The summed E-state index contributed by atoms with van der Waals surface area (Å²) in [5, 5.41) is 0. The SMILES string of the molecule is Cc1cnccc1N=C1N(C)CCN1C. The molecule has 4 heteroatoms. The van der Waals surface area contributed by atoms with Crippen molar-refractivity contribution in [3.05, 3.63) is 24.0 Å². The van der Waals surface area contributed by atoms with Crippen LogP contribution in [0, 0.1) is 6.92 Å². The molecule has 2 rings (SSSR count). The molecule has 1 aromatic rings. The number of hydrogen-bond donors (Lipinski definition) is 0. The van der Waals surface area contributed by atoms with Crippen LogP contribution in [-0.2, 0) is 0 Å². The van der Waals surface area contributed by atoms with E-state index in [4.69, 9.17) is 0 Å². The molecule has 0 atom stereocenters. The molecular formula is C11H16N4. The number of pyridine rings is 1. The third-order valence-corrected chi connectivity index (χ3v) is 2.66. The van der Waals surface area contributed by atoms with Gasteiger partial charge in [-0.15, -0.1) is 0 Å². The Morgan fingerprint density at radius 2 is 1.93 bits per heavy atom. The molecule has 2 heterocycles. The summed E-state index contributed by atoms with van der Waals surface area (Å²) in [6.45, 7) is 4.11. The molecule has 0 aliphatic carbocycles. The minimum atomic E-state index is 1.00. The average Bonchev–Trinajstić information content (AvgIpc) is 2.53. The lowest BCUT2D eigenvalue weighted by Gasteiger charge is -2.15. The molecule has 0 N–H and O–H groups in total. The number of likely N-dealkylation sites (N-methyl/N-ethyl adjacent to an activating group) is 2. The number of guanidine groups is 1. The number of aryl methyl sites for hydroxylation is 1. The second-order valence-electron chi connectivity index (χ2n) is 3.92. The van der Waals surface area contributed by atoms with Gasteiger partial charge in [-0.1, -0.05) is 0 Å². The first-order valence-electron chi connectivity index (χ1n) is 5.10. The summed E-state index contributed by atoms with van der Waals surface area (Å²) in [5.41, 5.74) is 2.11. The molecule has 0 radical (unpaired) electrons. The van der Waals surface area contributed by atoms with Crippen LogP contribution in [0.4, 0.5) is 5.69 Å². The summed E-state index contributed by atoms with van der Waals surface area (Å²) in [6.07, 6.45) is 3.62. The van der Waals surface area contributed by atoms with Crippen molar-refractivity contribution >= 4 is 11.6 Å². The minimum absolute atomic E-state index is 1.00. The normalized spacial score (nSPS) is 16.1. The number of aliphatic imine (C=N–C) groups is 1. The third kappa shape index (κ3) is 1.93. The van der Waals surface area contributed by atoms with Crippen molar-refractivity contribution in [2.24, 2.45) is 4.99 Å². The maximum absolute atomic E-state index is 4.65. The summed E-state index contributed by atoms with van der Waals surface area (Å²) < 4.78 is 0. The second-order valence-corrected chi connectivity index (χ2v) is 3.92.